The smallest absolute Gasteiger partial charge is 0.261 e. The van der Waals surface area contributed by atoms with Crippen LogP contribution in [0.25, 0.3) is 0 Å². The number of benzene rings is 1. The maximum Gasteiger partial charge on any atom is 0.261 e. The summed E-state index contributed by atoms with van der Waals surface area (Å²) >= 11 is 1.41. The average Bonchev–Trinajstić information content (AvgIpc) is 3.38. The fourth-order valence-electron chi connectivity index (χ4n) is 2.59. The third kappa shape index (κ3) is 6.07. The van der Waals surface area contributed by atoms with Gasteiger partial charge in [0.1, 0.15) is 0 Å². The zero-order valence-electron chi connectivity index (χ0n) is 14.9. The predicted molar refractivity (Wildman–Crippen MR) is 106 cm³/mol. The van der Waals surface area contributed by atoms with Crippen LogP contribution in [0.15, 0.2) is 60.5 Å². The van der Waals surface area contributed by atoms with Crippen LogP contribution in [0.5, 0.6) is 0 Å². The zero-order chi connectivity index (χ0) is 18.9. The Bertz CT molecular complexity index is 843. The molecule has 0 saturated carbocycles. The fraction of sp³-hybridized carbons (Fsp3) is 0.250. The molecule has 7 heteroatoms. The number of imidazole rings is 1. The minimum atomic E-state index is -0.0822. The van der Waals surface area contributed by atoms with Crippen molar-refractivity contribution < 1.29 is 9.59 Å². The van der Waals surface area contributed by atoms with Crippen molar-refractivity contribution in [3.8, 4) is 0 Å². The van der Waals surface area contributed by atoms with Gasteiger partial charge in [0.25, 0.3) is 5.91 Å². The van der Waals surface area contributed by atoms with Gasteiger partial charge in [0.15, 0.2) is 0 Å². The molecular formula is C20H22N4O2S. The summed E-state index contributed by atoms with van der Waals surface area (Å²) in [6.07, 6.45) is 6.49. The lowest BCUT2D eigenvalue weighted by Crippen LogP contribution is -2.26. The van der Waals surface area contributed by atoms with Crippen molar-refractivity contribution in [3.05, 3.63) is 76.5 Å². The number of hydrogen-bond acceptors (Lipinski definition) is 4. The first-order chi connectivity index (χ1) is 13.2. The highest BCUT2D eigenvalue weighted by atomic mass is 32.1. The molecule has 140 valence electrons. The first-order valence-electron chi connectivity index (χ1n) is 8.82. The number of aromatic nitrogens is 2. The highest BCUT2D eigenvalue weighted by Gasteiger charge is 2.06. The SMILES string of the molecule is O=C(CCCNC(=O)c1cccs1)NCc1ccc(Cn2ccnc2)cc1. The van der Waals surface area contributed by atoms with Gasteiger partial charge in [0.2, 0.25) is 5.91 Å². The lowest BCUT2D eigenvalue weighted by Gasteiger charge is -2.08. The highest BCUT2D eigenvalue weighted by Crippen LogP contribution is 2.08. The summed E-state index contributed by atoms with van der Waals surface area (Å²) in [5, 5.41) is 7.61. The topological polar surface area (TPSA) is 76.0 Å². The van der Waals surface area contributed by atoms with E-state index in [2.05, 4.69) is 27.8 Å². The van der Waals surface area contributed by atoms with Gasteiger partial charge < -0.3 is 15.2 Å². The molecule has 6 nitrogen and oxygen atoms in total. The monoisotopic (exact) mass is 382 g/mol. The second-order valence-corrected chi connectivity index (χ2v) is 7.11. The summed E-state index contributed by atoms with van der Waals surface area (Å²) in [6.45, 7) is 1.78. The molecule has 2 N–H and O–H groups in total. The molecule has 0 atom stereocenters. The van der Waals surface area contributed by atoms with Gasteiger partial charge in [-0.2, -0.15) is 0 Å². The Hall–Kier alpha value is -2.93. The minimum absolute atomic E-state index is 0.0112. The van der Waals surface area contributed by atoms with E-state index >= 15 is 0 Å². The molecule has 0 radical (unpaired) electrons. The van der Waals surface area contributed by atoms with Crippen LogP contribution in [0.2, 0.25) is 0 Å². The molecule has 2 amide bonds. The van der Waals surface area contributed by atoms with E-state index < -0.39 is 0 Å². The molecular weight excluding hydrogens is 360 g/mol. The minimum Gasteiger partial charge on any atom is -0.352 e. The Kier molecular flexibility index (Phi) is 6.76. The molecule has 3 rings (SSSR count). The molecule has 0 aliphatic carbocycles. The molecule has 0 spiro atoms. The van der Waals surface area contributed by atoms with E-state index in [1.807, 2.05) is 34.3 Å². The summed E-state index contributed by atoms with van der Waals surface area (Å²) < 4.78 is 2.01. The van der Waals surface area contributed by atoms with Crippen LogP contribution in [-0.4, -0.2) is 27.9 Å². The number of nitrogens with zero attached hydrogens (tertiary/aromatic N) is 2. The van der Waals surface area contributed by atoms with Gasteiger partial charge in [-0.25, -0.2) is 4.98 Å². The lowest BCUT2D eigenvalue weighted by atomic mass is 10.1. The third-order valence-corrected chi connectivity index (χ3v) is 4.92. The normalized spacial score (nSPS) is 10.5. The van der Waals surface area contributed by atoms with Gasteiger partial charge >= 0.3 is 0 Å². The van der Waals surface area contributed by atoms with Gasteiger partial charge in [0.05, 0.1) is 11.2 Å². The Morgan fingerprint density at radius 1 is 1.07 bits per heavy atom. The van der Waals surface area contributed by atoms with Crippen molar-refractivity contribution in [2.45, 2.75) is 25.9 Å². The Morgan fingerprint density at radius 2 is 1.89 bits per heavy atom. The first-order valence-corrected chi connectivity index (χ1v) is 9.70. The highest BCUT2D eigenvalue weighted by molar-refractivity contribution is 7.12. The third-order valence-electron chi connectivity index (χ3n) is 4.05. The van der Waals surface area contributed by atoms with E-state index in [9.17, 15) is 9.59 Å². The van der Waals surface area contributed by atoms with Crippen LogP contribution >= 0.6 is 11.3 Å². The average molecular weight is 382 g/mol. The van der Waals surface area contributed by atoms with Gasteiger partial charge in [-0.3, -0.25) is 9.59 Å². The quantitative estimate of drug-likeness (QED) is 0.559. The van der Waals surface area contributed by atoms with Crippen LogP contribution in [0, 0.1) is 0 Å². The van der Waals surface area contributed by atoms with E-state index in [4.69, 9.17) is 0 Å². The summed E-state index contributed by atoms with van der Waals surface area (Å²) in [5.74, 6) is -0.0935. The van der Waals surface area contributed by atoms with Gasteiger partial charge in [-0.05, 0) is 29.0 Å². The van der Waals surface area contributed by atoms with Crippen LogP contribution < -0.4 is 10.6 Å². The summed E-state index contributed by atoms with van der Waals surface area (Å²) in [5.41, 5.74) is 2.24. The largest absolute Gasteiger partial charge is 0.352 e. The van der Waals surface area contributed by atoms with E-state index in [0.29, 0.717) is 30.8 Å². The van der Waals surface area contributed by atoms with Crippen molar-refractivity contribution in [3.63, 3.8) is 0 Å². The molecule has 0 fully saturated rings. The van der Waals surface area contributed by atoms with Crippen molar-refractivity contribution in [1.82, 2.24) is 20.2 Å². The number of hydrogen-bond donors (Lipinski definition) is 2. The van der Waals surface area contributed by atoms with Crippen LogP contribution in [0.1, 0.15) is 33.6 Å². The molecule has 2 aromatic heterocycles. The Balaban J connectivity index is 1.32. The molecule has 0 aliphatic heterocycles. The van der Waals surface area contributed by atoms with E-state index in [1.54, 1.807) is 18.6 Å². The molecule has 1 aromatic carbocycles. The van der Waals surface area contributed by atoms with Crippen molar-refractivity contribution in [2.24, 2.45) is 0 Å². The molecule has 0 unspecified atom stereocenters. The molecule has 0 bridgehead atoms. The lowest BCUT2D eigenvalue weighted by molar-refractivity contribution is -0.121. The van der Waals surface area contributed by atoms with Crippen molar-refractivity contribution >= 4 is 23.2 Å². The van der Waals surface area contributed by atoms with Crippen LogP contribution in [0.3, 0.4) is 0 Å². The van der Waals surface area contributed by atoms with E-state index in [-0.39, 0.29) is 11.8 Å². The number of carbonyl (C=O) groups excluding carboxylic acids is 2. The molecule has 27 heavy (non-hydrogen) atoms. The molecule has 2 heterocycles. The van der Waals surface area contributed by atoms with Gasteiger partial charge in [-0.15, -0.1) is 11.3 Å². The second-order valence-electron chi connectivity index (χ2n) is 6.16. The number of nitrogens with one attached hydrogen (secondary N) is 2. The maximum atomic E-state index is 11.9. The van der Waals surface area contributed by atoms with E-state index in [1.165, 1.54) is 16.9 Å². The van der Waals surface area contributed by atoms with Gasteiger partial charge in [-0.1, -0.05) is 30.3 Å². The molecule has 0 aliphatic rings. The Morgan fingerprint density at radius 3 is 2.59 bits per heavy atom. The van der Waals surface area contributed by atoms with Crippen molar-refractivity contribution in [1.29, 1.82) is 0 Å². The number of rotatable bonds is 9. The molecule has 3 aromatic rings. The molecule has 0 saturated heterocycles. The van der Waals surface area contributed by atoms with Crippen LogP contribution in [-0.2, 0) is 17.9 Å². The number of amides is 2. The first kappa shape index (κ1) is 18.8. The Labute approximate surface area is 162 Å². The number of carbonyl (C=O) groups is 2. The predicted octanol–water partition coefficient (Wildman–Crippen LogP) is 2.82. The summed E-state index contributed by atoms with van der Waals surface area (Å²) in [4.78, 5) is 28.4. The van der Waals surface area contributed by atoms with E-state index in [0.717, 1.165) is 12.1 Å². The summed E-state index contributed by atoms with van der Waals surface area (Å²) in [6, 6.07) is 11.8. The zero-order valence-corrected chi connectivity index (χ0v) is 15.7. The second kappa shape index (κ2) is 9.68. The summed E-state index contributed by atoms with van der Waals surface area (Å²) in [7, 11) is 0. The maximum absolute atomic E-state index is 11.9. The fourth-order valence-corrected chi connectivity index (χ4v) is 3.23. The van der Waals surface area contributed by atoms with Gasteiger partial charge in [0, 0.05) is 38.4 Å². The van der Waals surface area contributed by atoms with Crippen molar-refractivity contribution in [2.75, 3.05) is 6.54 Å². The standard InChI is InChI=1S/C20H22N4O2S/c25-19(4-1-9-22-20(26)18-3-2-12-27-18)23-13-16-5-7-17(8-6-16)14-24-11-10-21-15-24/h2-3,5-8,10-12,15H,1,4,9,13-14H2,(H,22,26)(H,23,25). The number of thiophene rings is 1. The van der Waals surface area contributed by atoms with Crippen LogP contribution in [0.4, 0.5) is 0 Å².